The van der Waals surface area contributed by atoms with Gasteiger partial charge in [0.2, 0.25) is 5.91 Å². The van der Waals surface area contributed by atoms with Gasteiger partial charge in [0.05, 0.1) is 6.54 Å². The molecule has 0 saturated carbocycles. The van der Waals surface area contributed by atoms with E-state index in [-0.39, 0.29) is 5.91 Å². The molecule has 1 fully saturated rings. The Labute approximate surface area is 157 Å². The Morgan fingerprint density at radius 1 is 1.38 bits per heavy atom. The van der Waals surface area contributed by atoms with Crippen LogP contribution in [0.5, 0.6) is 0 Å². The molecule has 0 radical (unpaired) electrons. The summed E-state index contributed by atoms with van der Waals surface area (Å²) in [6, 6.07) is 8.59. The van der Waals surface area contributed by atoms with Crippen LogP contribution in [0, 0.1) is 5.92 Å². The molecule has 1 saturated heterocycles. The zero-order valence-corrected chi connectivity index (χ0v) is 16.4. The molecule has 0 aromatic heterocycles. The van der Waals surface area contributed by atoms with E-state index in [0.717, 1.165) is 45.0 Å². The number of piperidine rings is 1. The van der Waals surface area contributed by atoms with Crippen molar-refractivity contribution in [3.05, 3.63) is 35.4 Å². The highest BCUT2D eigenvalue weighted by molar-refractivity contribution is 5.80. The zero-order chi connectivity index (χ0) is 18.9. The van der Waals surface area contributed by atoms with Gasteiger partial charge in [0.25, 0.3) is 0 Å². The molecule has 0 bridgehead atoms. The molecule has 1 aromatic rings. The molecular weight excluding hydrogens is 326 g/mol. The Morgan fingerprint density at radius 2 is 2.15 bits per heavy atom. The van der Waals surface area contributed by atoms with Crippen LogP contribution in [-0.2, 0) is 17.9 Å². The predicted molar refractivity (Wildman–Crippen MR) is 107 cm³/mol. The Bertz CT molecular complexity index is 614. The first-order valence-corrected chi connectivity index (χ1v) is 9.52. The topological polar surface area (TPSA) is 74.0 Å². The third-order valence-corrected chi connectivity index (χ3v) is 4.54. The summed E-state index contributed by atoms with van der Waals surface area (Å²) in [4.78, 5) is 20.5. The van der Waals surface area contributed by atoms with Gasteiger partial charge in [0, 0.05) is 32.6 Å². The van der Waals surface area contributed by atoms with Crippen molar-refractivity contribution in [1.82, 2.24) is 15.1 Å². The van der Waals surface area contributed by atoms with Gasteiger partial charge in [-0.2, -0.15) is 0 Å². The van der Waals surface area contributed by atoms with Crippen molar-refractivity contribution < 1.29 is 4.79 Å². The third kappa shape index (κ3) is 6.67. The van der Waals surface area contributed by atoms with Crippen LogP contribution < -0.4 is 11.1 Å². The molecule has 0 spiro atoms. The van der Waals surface area contributed by atoms with E-state index in [9.17, 15) is 4.79 Å². The van der Waals surface area contributed by atoms with Crippen LogP contribution in [0.2, 0.25) is 0 Å². The quantitative estimate of drug-likeness (QED) is 0.575. The fourth-order valence-electron chi connectivity index (χ4n) is 3.49. The Balaban J connectivity index is 2.05. The summed E-state index contributed by atoms with van der Waals surface area (Å²) >= 11 is 0. The first kappa shape index (κ1) is 20.2. The Kier molecular flexibility index (Phi) is 7.91. The van der Waals surface area contributed by atoms with Crippen LogP contribution in [0.1, 0.15) is 37.3 Å². The number of hydrogen-bond acceptors (Lipinski definition) is 3. The number of hydrogen-bond donors (Lipinski definition) is 2. The monoisotopic (exact) mass is 359 g/mol. The molecule has 2 rings (SSSR count). The fourth-order valence-corrected chi connectivity index (χ4v) is 3.49. The molecule has 144 valence electrons. The van der Waals surface area contributed by atoms with Crippen molar-refractivity contribution in [2.75, 3.05) is 33.7 Å². The minimum Gasteiger partial charge on any atom is -0.370 e. The summed E-state index contributed by atoms with van der Waals surface area (Å²) in [6.45, 7) is 6.31. The molecular formula is C20H33N5O. The normalized spacial score (nSPS) is 18.2. The molecule has 6 nitrogen and oxygen atoms in total. The molecule has 1 aliphatic heterocycles. The maximum Gasteiger partial charge on any atom is 0.217 e. The molecule has 6 heteroatoms. The number of nitrogens with two attached hydrogens (primary N) is 1. The van der Waals surface area contributed by atoms with Crippen molar-refractivity contribution in [2.24, 2.45) is 16.6 Å². The van der Waals surface area contributed by atoms with Crippen LogP contribution in [-0.4, -0.2) is 55.4 Å². The second-order valence-electron chi connectivity index (χ2n) is 7.35. The third-order valence-electron chi connectivity index (χ3n) is 4.54. The molecule has 3 N–H and O–H groups in total. The minimum absolute atomic E-state index is 0.212. The van der Waals surface area contributed by atoms with E-state index in [4.69, 9.17) is 10.7 Å². The number of carbonyl (C=O) groups excluding carboxylic acids is 1. The van der Waals surface area contributed by atoms with Gasteiger partial charge in [-0.15, -0.1) is 0 Å². The zero-order valence-electron chi connectivity index (χ0n) is 16.4. The Hall–Kier alpha value is -2.08. The van der Waals surface area contributed by atoms with Crippen molar-refractivity contribution in [2.45, 2.75) is 39.3 Å². The molecule has 1 aliphatic rings. The summed E-state index contributed by atoms with van der Waals surface area (Å²) in [5.41, 5.74) is 7.89. The first-order chi connectivity index (χ1) is 12.5. The van der Waals surface area contributed by atoms with Gasteiger partial charge < -0.3 is 20.9 Å². The van der Waals surface area contributed by atoms with Crippen LogP contribution in [0.15, 0.2) is 29.3 Å². The van der Waals surface area contributed by atoms with E-state index in [1.807, 2.05) is 0 Å². The summed E-state index contributed by atoms with van der Waals surface area (Å²) < 4.78 is 0. The van der Waals surface area contributed by atoms with Gasteiger partial charge in [-0.25, -0.2) is 4.99 Å². The number of aliphatic imine (C=N–C) groups is 1. The number of nitrogens with zero attached hydrogens (tertiary/aromatic N) is 3. The molecule has 1 unspecified atom stereocenters. The van der Waals surface area contributed by atoms with Crippen LogP contribution in [0.3, 0.4) is 0 Å². The standard InChI is InChI=1S/C20H33N5O/c1-4-22-20(25-10-6-9-18(15-25)12-19(21)26)23-13-16-7-5-8-17(11-16)14-24(2)3/h5,7-8,11,18H,4,6,9-10,12-15H2,1-3H3,(H2,21,26)(H,22,23). The van der Waals surface area contributed by atoms with Crippen molar-refractivity contribution in [3.63, 3.8) is 0 Å². The average molecular weight is 360 g/mol. The van der Waals surface area contributed by atoms with E-state index < -0.39 is 0 Å². The van der Waals surface area contributed by atoms with Gasteiger partial charge >= 0.3 is 0 Å². The number of rotatable bonds is 7. The van der Waals surface area contributed by atoms with Gasteiger partial charge in [-0.05, 0) is 50.9 Å². The van der Waals surface area contributed by atoms with E-state index in [1.54, 1.807) is 0 Å². The highest BCUT2D eigenvalue weighted by Gasteiger charge is 2.23. The summed E-state index contributed by atoms with van der Waals surface area (Å²) in [5.74, 6) is 1.05. The maximum atomic E-state index is 11.2. The van der Waals surface area contributed by atoms with E-state index in [2.05, 4.69) is 60.4 Å². The molecule has 1 atom stereocenters. The molecule has 0 aliphatic carbocycles. The summed E-state index contributed by atoms with van der Waals surface area (Å²) in [7, 11) is 4.15. The second-order valence-corrected chi connectivity index (χ2v) is 7.35. The van der Waals surface area contributed by atoms with Gasteiger partial charge in [-0.3, -0.25) is 4.79 Å². The second kappa shape index (κ2) is 10.2. The van der Waals surface area contributed by atoms with Crippen molar-refractivity contribution in [3.8, 4) is 0 Å². The maximum absolute atomic E-state index is 11.2. The number of likely N-dealkylation sites (tertiary alicyclic amines) is 1. The van der Waals surface area contributed by atoms with E-state index in [1.165, 1.54) is 11.1 Å². The highest BCUT2D eigenvalue weighted by atomic mass is 16.1. The fraction of sp³-hybridized carbons (Fsp3) is 0.600. The number of carbonyl (C=O) groups is 1. The largest absolute Gasteiger partial charge is 0.370 e. The average Bonchev–Trinajstić information content (AvgIpc) is 2.58. The number of amides is 1. The number of primary amides is 1. The molecule has 1 aromatic carbocycles. The first-order valence-electron chi connectivity index (χ1n) is 9.52. The van der Waals surface area contributed by atoms with E-state index >= 15 is 0 Å². The number of nitrogens with one attached hydrogen (secondary N) is 1. The molecule has 26 heavy (non-hydrogen) atoms. The Morgan fingerprint density at radius 3 is 2.85 bits per heavy atom. The number of benzene rings is 1. The lowest BCUT2D eigenvalue weighted by atomic mass is 9.95. The smallest absolute Gasteiger partial charge is 0.217 e. The highest BCUT2D eigenvalue weighted by Crippen LogP contribution is 2.19. The van der Waals surface area contributed by atoms with Crippen molar-refractivity contribution in [1.29, 1.82) is 0 Å². The lowest BCUT2D eigenvalue weighted by Gasteiger charge is -2.34. The minimum atomic E-state index is -0.212. The van der Waals surface area contributed by atoms with E-state index in [0.29, 0.717) is 18.9 Å². The summed E-state index contributed by atoms with van der Waals surface area (Å²) in [6.07, 6.45) is 2.59. The lowest BCUT2D eigenvalue weighted by molar-refractivity contribution is -0.119. The SMILES string of the molecule is CCNC(=NCc1cccc(CN(C)C)c1)N1CCCC(CC(N)=O)C1. The number of guanidine groups is 1. The van der Waals surface area contributed by atoms with Crippen LogP contribution >= 0.6 is 0 Å². The van der Waals surface area contributed by atoms with Crippen molar-refractivity contribution >= 4 is 11.9 Å². The van der Waals surface area contributed by atoms with Gasteiger partial charge in [0.15, 0.2) is 5.96 Å². The van der Waals surface area contributed by atoms with Crippen LogP contribution in [0.25, 0.3) is 0 Å². The lowest BCUT2D eigenvalue weighted by Crippen LogP contribution is -2.47. The van der Waals surface area contributed by atoms with Gasteiger partial charge in [0.1, 0.15) is 0 Å². The summed E-state index contributed by atoms with van der Waals surface area (Å²) in [5, 5.41) is 3.39. The molecule has 1 heterocycles. The molecule has 1 amide bonds. The van der Waals surface area contributed by atoms with Crippen LogP contribution in [0.4, 0.5) is 0 Å². The van der Waals surface area contributed by atoms with Gasteiger partial charge in [-0.1, -0.05) is 24.3 Å². The predicted octanol–water partition coefficient (Wildman–Crippen LogP) is 1.80.